The van der Waals surface area contributed by atoms with Crippen LogP contribution < -0.4 is 5.56 Å². The minimum Gasteiger partial charge on any atom is -0.298 e. The molecule has 1 aromatic carbocycles. The minimum absolute atomic E-state index is 0.0291. The lowest BCUT2D eigenvalue weighted by Crippen LogP contribution is -2.49. The Labute approximate surface area is 148 Å². The topological polar surface area (TPSA) is 61.9 Å². The van der Waals surface area contributed by atoms with Crippen molar-refractivity contribution in [3.63, 3.8) is 0 Å². The Morgan fingerprint density at radius 3 is 2.44 bits per heavy atom. The molecule has 0 unspecified atom stereocenters. The zero-order valence-electron chi connectivity index (χ0n) is 15.1. The molecule has 1 aliphatic heterocycles. The van der Waals surface area contributed by atoms with Gasteiger partial charge in [0.1, 0.15) is 0 Å². The summed E-state index contributed by atoms with van der Waals surface area (Å²) in [5.74, 6) is 0.457. The number of nitrogens with zero attached hydrogens (tertiary/aromatic N) is 4. The highest BCUT2D eigenvalue weighted by Crippen LogP contribution is 2.21. The van der Waals surface area contributed by atoms with Gasteiger partial charge in [0.25, 0.3) is 5.56 Å². The van der Waals surface area contributed by atoms with E-state index in [4.69, 9.17) is 5.26 Å². The molecule has 3 rings (SSSR count). The molecule has 1 aliphatic rings. The van der Waals surface area contributed by atoms with E-state index in [1.54, 1.807) is 10.7 Å². The van der Waals surface area contributed by atoms with E-state index in [1.165, 1.54) is 5.56 Å². The van der Waals surface area contributed by atoms with E-state index in [-0.39, 0.29) is 11.0 Å². The summed E-state index contributed by atoms with van der Waals surface area (Å²) in [5.41, 5.74) is 2.76. The first kappa shape index (κ1) is 17.4. The maximum Gasteiger partial charge on any atom is 0.266 e. The molecule has 0 amide bonds. The SMILES string of the molecule is CC(C)(C)c1ccc(=O)n(CC2CN(Cc3ccc(C#N)cc3)C2)n1. The van der Waals surface area contributed by atoms with Crippen LogP contribution >= 0.6 is 0 Å². The van der Waals surface area contributed by atoms with Crippen LogP contribution in [0.5, 0.6) is 0 Å². The molecule has 130 valence electrons. The highest BCUT2D eigenvalue weighted by molar-refractivity contribution is 5.31. The third kappa shape index (κ3) is 4.15. The molecular formula is C20H24N4O. The summed E-state index contributed by atoms with van der Waals surface area (Å²) in [6, 6.07) is 13.3. The van der Waals surface area contributed by atoms with Crippen molar-refractivity contribution in [3.8, 4) is 6.07 Å². The first-order valence-corrected chi connectivity index (χ1v) is 8.65. The van der Waals surface area contributed by atoms with Crippen molar-refractivity contribution in [1.82, 2.24) is 14.7 Å². The number of hydrogen-bond donors (Lipinski definition) is 0. The van der Waals surface area contributed by atoms with E-state index >= 15 is 0 Å². The van der Waals surface area contributed by atoms with Crippen LogP contribution in [0, 0.1) is 17.2 Å². The van der Waals surface area contributed by atoms with Crippen LogP contribution in [0.15, 0.2) is 41.2 Å². The van der Waals surface area contributed by atoms with Gasteiger partial charge in [-0.3, -0.25) is 9.69 Å². The molecule has 0 spiro atoms. The summed E-state index contributed by atoms with van der Waals surface area (Å²) in [7, 11) is 0. The van der Waals surface area contributed by atoms with Gasteiger partial charge in [0.2, 0.25) is 0 Å². The first-order valence-electron chi connectivity index (χ1n) is 8.65. The van der Waals surface area contributed by atoms with Crippen molar-refractivity contribution in [3.05, 3.63) is 63.6 Å². The minimum atomic E-state index is -0.0588. The van der Waals surface area contributed by atoms with Gasteiger partial charge < -0.3 is 0 Å². The van der Waals surface area contributed by atoms with E-state index < -0.39 is 0 Å². The smallest absolute Gasteiger partial charge is 0.266 e. The zero-order valence-corrected chi connectivity index (χ0v) is 15.1. The van der Waals surface area contributed by atoms with Crippen molar-refractivity contribution < 1.29 is 0 Å². The number of hydrogen-bond acceptors (Lipinski definition) is 4. The molecule has 5 heteroatoms. The van der Waals surface area contributed by atoms with Crippen molar-refractivity contribution in [2.75, 3.05) is 13.1 Å². The normalized spacial score (nSPS) is 15.6. The predicted molar refractivity (Wildman–Crippen MR) is 97.1 cm³/mol. The van der Waals surface area contributed by atoms with E-state index in [9.17, 15) is 4.79 Å². The third-order valence-electron chi connectivity index (χ3n) is 4.59. The van der Waals surface area contributed by atoms with Crippen LogP contribution in [-0.4, -0.2) is 27.8 Å². The molecule has 2 aromatic rings. The largest absolute Gasteiger partial charge is 0.298 e. The molecule has 5 nitrogen and oxygen atoms in total. The Morgan fingerprint density at radius 2 is 1.84 bits per heavy atom. The summed E-state index contributed by atoms with van der Waals surface area (Å²) >= 11 is 0. The number of nitriles is 1. The summed E-state index contributed by atoms with van der Waals surface area (Å²) < 4.78 is 1.62. The molecule has 0 aliphatic carbocycles. The lowest BCUT2D eigenvalue weighted by Gasteiger charge is -2.39. The van der Waals surface area contributed by atoms with E-state index in [1.807, 2.05) is 30.3 Å². The number of benzene rings is 1. The highest BCUT2D eigenvalue weighted by Gasteiger charge is 2.28. The fourth-order valence-corrected chi connectivity index (χ4v) is 3.09. The molecule has 25 heavy (non-hydrogen) atoms. The van der Waals surface area contributed by atoms with E-state index in [0.29, 0.717) is 18.0 Å². The molecule has 0 saturated carbocycles. The number of rotatable bonds is 4. The quantitative estimate of drug-likeness (QED) is 0.861. The Morgan fingerprint density at radius 1 is 1.16 bits per heavy atom. The van der Waals surface area contributed by atoms with Gasteiger partial charge in [-0.05, 0) is 23.8 Å². The van der Waals surface area contributed by atoms with Gasteiger partial charge in [-0.25, -0.2) is 4.68 Å². The van der Waals surface area contributed by atoms with Gasteiger partial charge in [0.05, 0.1) is 23.9 Å². The summed E-state index contributed by atoms with van der Waals surface area (Å²) in [6.45, 7) is 9.80. The van der Waals surface area contributed by atoms with Crippen LogP contribution in [0.2, 0.25) is 0 Å². The second kappa shape index (κ2) is 6.81. The second-order valence-corrected chi connectivity index (χ2v) is 7.86. The fraction of sp³-hybridized carbons (Fsp3) is 0.450. The lowest BCUT2D eigenvalue weighted by molar-refractivity contribution is 0.0763. The van der Waals surface area contributed by atoms with Crippen LogP contribution in [0.4, 0.5) is 0 Å². The zero-order chi connectivity index (χ0) is 18.0. The van der Waals surface area contributed by atoms with Gasteiger partial charge >= 0.3 is 0 Å². The summed E-state index contributed by atoms with van der Waals surface area (Å²) in [4.78, 5) is 14.4. The Kier molecular flexibility index (Phi) is 4.73. The van der Waals surface area contributed by atoms with Gasteiger partial charge in [-0.2, -0.15) is 10.4 Å². The van der Waals surface area contributed by atoms with Crippen LogP contribution in [-0.2, 0) is 18.5 Å². The Hall–Kier alpha value is -2.45. The molecular weight excluding hydrogens is 312 g/mol. The highest BCUT2D eigenvalue weighted by atomic mass is 16.1. The molecule has 0 N–H and O–H groups in total. The van der Waals surface area contributed by atoms with Crippen LogP contribution in [0.1, 0.15) is 37.6 Å². The summed E-state index contributed by atoms with van der Waals surface area (Å²) in [5, 5.41) is 13.4. The first-order chi connectivity index (χ1) is 11.8. The molecule has 1 fully saturated rings. The maximum absolute atomic E-state index is 12.1. The average Bonchev–Trinajstić information content (AvgIpc) is 2.54. The maximum atomic E-state index is 12.1. The molecule has 1 aromatic heterocycles. The fourth-order valence-electron chi connectivity index (χ4n) is 3.09. The van der Waals surface area contributed by atoms with Crippen LogP contribution in [0.3, 0.4) is 0 Å². The third-order valence-corrected chi connectivity index (χ3v) is 4.59. The lowest BCUT2D eigenvalue weighted by atomic mass is 9.92. The van der Waals surface area contributed by atoms with E-state index in [0.717, 1.165) is 25.3 Å². The van der Waals surface area contributed by atoms with Crippen LogP contribution in [0.25, 0.3) is 0 Å². The Bertz CT molecular complexity index is 834. The van der Waals surface area contributed by atoms with Crippen molar-refractivity contribution in [2.45, 2.75) is 39.3 Å². The standard InChI is InChI=1S/C20H24N4O/c1-20(2,3)18-8-9-19(25)24(22-18)14-17-12-23(13-17)11-16-6-4-15(10-21)5-7-16/h4-9,17H,11-14H2,1-3H3. The number of aromatic nitrogens is 2. The molecule has 1 saturated heterocycles. The molecule has 2 heterocycles. The predicted octanol–water partition coefficient (Wildman–Crippen LogP) is 2.54. The van der Waals surface area contributed by atoms with Crippen molar-refractivity contribution >= 4 is 0 Å². The average molecular weight is 336 g/mol. The van der Waals surface area contributed by atoms with Crippen molar-refractivity contribution in [1.29, 1.82) is 5.26 Å². The molecule has 0 atom stereocenters. The summed E-state index contributed by atoms with van der Waals surface area (Å²) in [6.07, 6.45) is 0. The number of likely N-dealkylation sites (tertiary alicyclic amines) is 1. The molecule has 0 bridgehead atoms. The van der Waals surface area contributed by atoms with Gasteiger partial charge in [0, 0.05) is 37.0 Å². The monoisotopic (exact) mass is 336 g/mol. The van der Waals surface area contributed by atoms with Gasteiger partial charge in [-0.1, -0.05) is 32.9 Å². The molecule has 0 radical (unpaired) electrons. The van der Waals surface area contributed by atoms with Gasteiger partial charge in [0.15, 0.2) is 0 Å². The Balaban J connectivity index is 1.57. The van der Waals surface area contributed by atoms with Gasteiger partial charge in [-0.15, -0.1) is 0 Å². The second-order valence-electron chi connectivity index (χ2n) is 7.86. The van der Waals surface area contributed by atoms with E-state index in [2.05, 4.69) is 36.8 Å². The van der Waals surface area contributed by atoms with Crippen molar-refractivity contribution in [2.24, 2.45) is 5.92 Å².